The van der Waals surface area contributed by atoms with Crippen LogP contribution in [0.5, 0.6) is 0 Å². The molecule has 2 aromatic heterocycles. The summed E-state index contributed by atoms with van der Waals surface area (Å²) in [5.74, 6) is 1.62. The molecule has 0 atom stereocenters. The van der Waals surface area contributed by atoms with Crippen LogP contribution in [0.3, 0.4) is 0 Å². The van der Waals surface area contributed by atoms with Crippen LogP contribution in [0.15, 0.2) is 24.3 Å². The molecule has 2 N–H and O–H groups in total. The molecule has 5 nitrogen and oxygen atoms in total. The van der Waals surface area contributed by atoms with Crippen LogP contribution in [-0.4, -0.2) is 27.5 Å². The SMILES string of the molecule is CCCNc1nc(C)c(-c2nc3ccccc3s2)c(NC2CCCC2)n1. The molecule has 0 bridgehead atoms. The minimum Gasteiger partial charge on any atom is -0.367 e. The highest BCUT2D eigenvalue weighted by Gasteiger charge is 2.21. The Morgan fingerprint density at radius 1 is 1.12 bits per heavy atom. The van der Waals surface area contributed by atoms with Gasteiger partial charge >= 0.3 is 0 Å². The van der Waals surface area contributed by atoms with E-state index in [0.717, 1.165) is 40.6 Å². The van der Waals surface area contributed by atoms with E-state index >= 15 is 0 Å². The first-order valence-electron chi connectivity index (χ1n) is 9.49. The minimum atomic E-state index is 0.497. The highest BCUT2D eigenvalue weighted by molar-refractivity contribution is 7.21. The summed E-state index contributed by atoms with van der Waals surface area (Å²) in [7, 11) is 0. The second-order valence-corrected chi connectivity index (χ2v) is 7.93. The van der Waals surface area contributed by atoms with Crippen molar-refractivity contribution in [2.45, 2.75) is 52.0 Å². The molecular weight excluding hydrogens is 342 g/mol. The van der Waals surface area contributed by atoms with Gasteiger partial charge in [-0.15, -0.1) is 11.3 Å². The lowest BCUT2D eigenvalue weighted by Gasteiger charge is -2.18. The lowest BCUT2D eigenvalue weighted by atomic mass is 10.2. The molecule has 0 radical (unpaired) electrons. The third kappa shape index (κ3) is 3.51. The molecule has 0 aliphatic heterocycles. The monoisotopic (exact) mass is 367 g/mol. The van der Waals surface area contributed by atoms with Crippen LogP contribution in [0.4, 0.5) is 11.8 Å². The van der Waals surface area contributed by atoms with E-state index in [1.807, 2.05) is 6.07 Å². The maximum Gasteiger partial charge on any atom is 0.224 e. The van der Waals surface area contributed by atoms with Crippen LogP contribution in [0.1, 0.15) is 44.7 Å². The quantitative estimate of drug-likeness (QED) is 0.624. The number of nitrogens with zero attached hydrogens (tertiary/aromatic N) is 3. The highest BCUT2D eigenvalue weighted by atomic mass is 32.1. The van der Waals surface area contributed by atoms with Gasteiger partial charge < -0.3 is 10.6 Å². The Bertz CT molecular complexity index is 865. The predicted octanol–water partition coefficient (Wildman–Crippen LogP) is 5.24. The van der Waals surface area contributed by atoms with Gasteiger partial charge in [-0.3, -0.25) is 0 Å². The topological polar surface area (TPSA) is 62.7 Å². The first-order chi connectivity index (χ1) is 12.7. The zero-order chi connectivity index (χ0) is 17.9. The number of benzene rings is 1. The molecule has 0 unspecified atom stereocenters. The maximum atomic E-state index is 4.85. The average Bonchev–Trinajstić information content (AvgIpc) is 3.28. The maximum absolute atomic E-state index is 4.85. The zero-order valence-electron chi connectivity index (χ0n) is 15.4. The van der Waals surface area contributed by atoms with Crippen LogP contribution in [-0.2, 0) is 0 Å². The average molecular weight is 368 g/mol. The number of aryl methyl sites for hydroxylation is 1. The molecule has 3 aromatic rings. The lowest BCUT2D eigenvalue weighted by Crippen LogP contribution is -2.18. The van der Waals surface area contributed by atoms with Crippen LogP contribution < -0.4 is 10.6 Å². The number of fused-ring (bicyclic) bond motifs is 1. The van der Waals surface area contributed by atoms with Gasteiger partial charge in [-0.05, 0) is 38.3 Å². The third-order valence-electron chi connectivity index (χ3n) is 4.83. The largest absolute Gasteiger partial charge is 0.367 e. The van der Waals surface area contributed by atoms with Crippen molar-refractivity contribution in [2.24, 2.45) is 0 Å². The molecule has 4 rings (SSSR count). The second-order valence-electron chi connectivity index (χ2n) is 6.90. The Labute approximate surface area is 158 Å². The fourth-order valence-electron chi connectivity index (χ4n) is 3.49. The highest BCUT2D eigenvalue weighted by Crippen LogP contribution is 2.37. The Morgan fingerprint density at radius 2 is 1.92 bits per heavy atom. The summed E-state index contributed by atoms with van der Waals surface area (Å²) in [5.41, 5.74) is 3.05. The summed E-state index contributed by atoms with van der Waals surface area (Å²) in [6.45, 7) is 5.08. The Balaban J connectivity index is 1.77. The molecule has 0 spiro atoms. The molecule has 1 aromatic carbocycles. The van der Waals surface area contributed by atoms with Crippen molar-refractivity contribution < 1.29 is 0 Å². The number of para-hydroxylation sites is 1. The van der Waals surface area contributed by atoms with Crippen LogP contribution >= 0.6 is 11.3 Å². The second kappa shape index (κ2) is 7.58. The van der Waals surface area contributed by atoms with Crippen LogP contribution in [0.2, 0.25) is 0 Å². The number of hydrogen-bond acceptors (Lipinski definition) is 6. The number of hydrogen-bond donors (Lipinski definition) is 2. The first kappa shape index (κ1) is 17.2. The molecule has 1 aliphatic rings. The van der Waals surface area contributed by atoms with Gasteiger partial charge in [0.25, 0.3) is 0 Å². The van der Waals surface area contributed by atoms with Crippen molar-refractivity contribution in [3.8, 4) is 10.6 Å². The predicted molar refractivity (Wildman–Crippen MR) is 110 cm³/mol. The van der Waals surface area contributed by atoms with Crippen molar-refractivity contribution in [3.05, 3.63) is 30.0 Å². The normalized spacial score (nSPS) is 14.8. The molecule has 6 heteroatoms. The number of aromatic nitrogens is 3. The molecule has 1 aliphatic carbocycles. The Morgan fingerprint density at radius 3 is 2.69 bits per heavy atom. The molecule has 136 valence electrons. The van der Waals surface area contributed by atoms with E-state index in [-0.39, 0.29) is 0 Å². The fraction of sp³-hybridized carbons (Fsp3) is 0.450. The van der Waals surface area contributed by atoms with Gasteiger partial charge in [-0.25, -0.2) is 9.97 Å². The van der Waals surface area contributed by atoms with Gasteiger partial charge in [0.15, 0.2) is 0 Å². The molecular formula is C20H25N5S. The van der Waals surface area contributed by atoms with Crippen LogP contribution in [0, 0.1) is 6.92 Å². The van der Waals surface area contributed by atoms with E-state index in [2.05, 4.69) is 42.7 Å². The molecule has 26 heavy (non-hydrogen) atoms. The van der Waals surface area contributed by atoms with Gasteiger partial charge in [-0.2, -0.15) is 4.98 Å². The standard InChI is InChI=1S/C20H25N5S/c1-3-12-21-20-22-13(2)17(18(25-20)23-14-8-4-5-9-14)19-24-15-10-6-7-11-16(15)26-19/h6-7,10-11,14H,3-5,8-9,12H2,1-2H3,(H2,21,22,23,25). The van der Waals surface area contributed by atoms with Gasteiger partial charge in [-0.1, -0.05) is 31.9 Å². The summed E-state index contributed by atoms with van der Waals surface area (Å²) in [4.78, 5) is 14.4. The van der Waals surface area contributed by atoms with E-state index in [4.69, 9.17) is 15.0 Å². The van der Waals surface area contributed by atoms with Gasteiger partial charge in [0.2, 0.25) is 5.95 Å². The molecule has 1 fully saturated rings. The van der Waals surface area contributed by atoms with Crippen LogP contribution in [0.25, 0.3) is 20.8 Å². The van der Waals surface area contributed by atoms with E-state index in [0.29, 0.717) is 12.0 Å². The Hall–Kier alpha value is -2.21. The Kier molecular flexibility index (Phi) is 5.02. The summed E-state index contributed by atoms with van der Waals surface area (Å²) >= 11 is 1.71. The van der Waals surface area contributed by atoms with Gasteiger partial charge in [0.05, 0.1) is 21.5 Å². The van der Waals surface area contributed by atoms with Gasteiger partial charge in [0, 0.05) is 12.6 Å². The smallest absolute Gasteiger partial charge is 0.224 e. The lowest BCUT2D eigenvalue weighted by molar-refractivity contribution is 0.749. The van der Waals surface area contributed by atoms with E-state index in [1.165, 1.54) is 30.4 Å². The van der Waals surface area contributed by atoms with Crippen molar-refractivity contribution in [3.63, 3.8) is 0 Å². The summed E-state index contributed by atoms with van der Waals surface area (Å²) in [6, 6.07) is 8.77. The van der Waals surface area contributed by atoms with Crippen molar-refractivity contribution >= 4 is 33.3 Å². The van der Waals surface area contributed by atoms with E-state index < -0.39 is 0 Å². The van der Waals surface area contributed by atoms with Gasteiger partial charge in [0.1, 0.15) is 10.8 Å². The van der Waals surface area contributed by atoms with Crippen molar-refractivity contribution in [1.82, 2.24) is 15.0 Å². The van der Waals surface area contributed by atoms with E-state index in [1.54, 1.807) is 11.3 Å². The van der Waals surface area contributed by atoms with Crippen molar-refractivity contribution in [2.75, 3.05) is 17.2 Å². The summed E-state index contributed by atoms with van der Waals surface area (Å²) in [5, 5.41) is 8.00. The molecule has 0 amide bonds. The van der Waals surface area contributed by atoms with Crippen molar-refractivity contribution in [1.29, 1.82) is 0 Å². The summed E-state index contributed by atoms with van der Waals surface area (Å²) < 4.78 is 1.20. The molecule has 2 heterocycles. The zero-order valence-corrected chi connectivity index (χ0v) is 16.2. The molecule has 1 saturated carbocycles. The number of rotatable bonds is 6. The summed E-state index contributed by atoms with van der Waals surface area (Å²) in [6.07, 6.45) is 6.05. The molecule has 0 saturated heterocycles. The van der Waals surface area contributed by atoms with E-state index in [9.17, 15) is 0 Å². The number of thiazole rings is 1. The third-order valence-corrected chi connectivity index (χ3v) is 5.88. The number of anilines is 2. The fourth-order valence-corrected chi connectivity index (χ4v) is 4.56. The number of nitrogens with one attached hydrogen (secondary N) is 2. The first-order valence-corrected chi connectivity index (χ1v) is 10.3. The minimum absolute atomic E-state index is 0.497.